The lowest BCUT2D eigenvalue weighted by Gasteiger charge is -2.35. The van der Waals surface area contributed by atoms with Crippen LogP contribution in [0.4, 0.5) is 14.5 Å². The predicted molar refractivity (Wildman–Crippen MR) is 137 cm³/mol. The molecule has 4 rings (SSSR count). The molecule has 2 heterocycles. The third kappa shape index (κ3) is 6.64. The second kappa shape index (κ2) is 12.0. The summed E-state index contributed by atoms with van der Waals surface area (Å²) < 4.78 is 34.5. The molecule has 8 nitrogen and oxygen atoms in total. The molecule has 1 atom stereocenters. The van der Waals surface area contributed by atoms with Crippen LogP contribution in [0.25, 0.3) is 0 Å². The summed E-state index contributed by atoms with van der Waals surface area (Å²) in [5.41, 5.74) is 6.66. The first kappa shape index (κ1) is 27.0. The minimum Gasteiger partial charge on any atom is -0.490 e. The van der Waals surface area contributed by atoms with E-state index in [9.17, 15) is 23.2 Å². The van der Waals surface area contributed by atoms with Crippen molar-refractivity contribution in [2.75, 3.05) is 24.6 Å². The standard InChI is InChI=1S/C26H29BrF2N4O4/c27-18-2-1-3-22(17(18)14-31-21-4-5-24(34)32-26(21)36)33-9-6-15(7-10-33)8-11-37-23-13-19(28)16(25(30)35)12-20(23)29/h1-3,12-13,15,21,31H,4-11,14H2,(H2,30,35)(H,32,34,36). The van der Waals surface area contributed by atoms with Crippen molar-refractivity contribution in [2.24, 2.45) is 11.7 Å². The maximum Gasteiger partial charge on any atom is 0.251 e. The number of nitrogens with one attached hydrogen (secondary N) is 2. The molecule has 198 valence electrons. The molecule has 2 aliphatic rings. The quantitative estimate of drug-likeness (QED) is 0.393. The number of piperidine rings is 2. The van der Waals surface area contributed by atoms with Gasteiger partial charge in [0.1, 0.15) is 5.82 Å². The lowest BCUT2D eigenvalue weighted by atomic mass is 9.93. The van der Waals surface area contributed by atoms with Crippen molar-refractivity contribution >= 4 is 39.3 Å². The number of carbonyl (C=O) groups excluding carboxylic acids is 3. The van der Waals surface area contributed by atoms with E-state index in [-0.39, 0.29) is 24.2 Å². The van der Waals surface area contributed by atoms with Gasteiger partial charge in [0.15, 0.2) is 11.6 Å². The molecule has 37 heavy (non-hydrogen) atoms. The largest absolute Gasteiger partial charge is 0.490 e. The van der Waals surface area contributed by atoms with Gasteiger partial charge in [0.25, 0.3) is 5.91 Å². The van der Waals surface area contributed by atoms with E-state index in [0.717, 1.165) is 53.8 Å². The number of ether oxygens (including phenoxy) is 1. The zero-order chi connectivity index (χ0) is 26.5. The normalized spacial score (nSPS) is 18.6. The molecule has 1 unspecified atom stereocenters. The topological polar surface area (TPSA) is 114 Å². The summed E-state index contributed by atoms with van der Waals surface area (Å²) in [6.45, 7) is 2.36. The smallest absolute Gasteiger partial charge is 0.251 e. The van der Waals surface area contributed by atoms with Crippen molar-refractivity contribution in [1.29, 1.82) is 0 Å². The van der Waals surface area contributed by atoms with E-state index in [4.69, 9.17) is 10.5 Å². The Bertz CT molecular complexity index is 1190. The molecule has 2 aromatic rings. The molecule has 11 heteroatoms. The Morgan fingerprint density at radius 1 is 1.16 bits per heavy atom. The highest BCUT2D eigenvalue weighted by atomic mass is 79.9. The summed E-state index contributed by atoms with van der Waals surface area (Å²) in [7, 11) is 0. The predicted octanol–water partition coefficient (Wildman–Crippen LogP) is 3.41. The molecule has 0 saturated carbocycles. The number of primary amides is 1. The van der Waals surface area contributed by atoms with Crippen LogP contribution in [0.1, 0.15) is 48.0 Å². The number of halogens is 3. The van der Waals surface area contributed by atoms with Crippen molar-refractivity contribution in [3.05, 3.63) is 57.6 Å². The molecule has 0 aliphatic carbocycles. The van der Waals surface area contributed by atoms with Gasteiger partial charge in [0.05, 0.1) is 18.2 Å². The number of hydrogen-bond acceptors (Lipinski definition) is 6. The first-order valence-corrected chi connectivity index (χ1v) is 13.0. The van der Waals surface area contributed by atoms with E-state index < -0.39 is 29.1 Å². The van der Waals surface area contributed by atoms with Crippen molar-refractivity contribution in [2.45, 2.75) is 44.7 Å². The van der Waals surface area contributed by atoms with Gasteiger partial charge in [-0.25, -0.2) is 8.78 Å². The SMILES string of the molecule is NC(=O)c1cc(F)c(OCCC2CCN(c3cccc(Br)c3CNC3CCC(=O)NC3=O)CC2)cc1F. The summed E-state index contributed by atoms with van der Waals surface area (Å²) in [5.74, 6) is -3.16. The fourth-order valence-electron chi connectivity index (χ4n) is 4.76. The molecule has 0 spiro atoms. The van der Waals surface area contributed by atoms with Crippen LogP contribution < -0.4 is 26.0 Å². The molecule has 0 aromatic heterocycles. The van der Waals surface area contributed by atoms with E-state index in [0.29, 0.717) is 31.7 Å². The monoisotopic (exact) mass is 578 g/mol. The zero-order valence-electron chi connectivity index (χ0n) is 20.2. The van der Waals surface area contributed by atoms with Gasteiger partial charge in [-0.1, -0.05) is 22.0 Å². The van der Waals surface area contributed by atoms with Crippen LogP contribution in [-0.2, 0) is 16.1 Å². The Balaban J connectivity index is 1.29. The molecule has 2 saturated heterocycles. The first-order valence-electron chi connectivity index (χ1n) is 12.2. The molecule has 0 bridgehead atoms. The molecule has 4 N–H and O–H groups in total. The minimum atomic E-state index is -1.03. The Morgan fingerprint density at radius 3 is 2.62 bits per heavy atom. The van der Waals surface area contributed by atoms with Crippen LogP contribution in [0.5, 0.6) is 5.75 Å². The van der Waals surface area contributed by atoms with E-state index in [1.807, 2.05) is 12.1 Å². The Labute approximate surface area is 222 Å². The summed E-state index contributed by atoms with van der Waals surface area (Å²) in [5, 5.41) is 5.65. The number of anilines is 1. The molecule has 2 aromatic carbocycles. The van der Waals surface area contributed by atoms with Gasteiger partial charge in [-0.05, 0) is 49.8 Å². The number of rotatable bonds is 9. The maximum atomic E-state index is 14.1. The minimum absolute atomic E-state index is 0.231. The second-order valence-electron chi connectivity index (χ2n) is 9.32. The molecule has 2 fully saturated rings. The van der Waals surface area contributed by atoms with E-state index >= 15 is 0 Å². The average Bonchev–Trinajstić information content (AvgIpc) is 2.86. The molecule has 3 amide bonds. The first-order chi connectivity index (χ1) is 17.7. The van der Waals surface area contributed by atoms with Crippen LogP contribution >= 0.6 is 15.9 Å². The number of hydrogen-bond donors (Lipinski definition) is 3. The second-order valence-corrected chi connectivity index (χ2v) is 10.2. The highest BCUT2D eigenvalue weighted by Crippen LogP contribution is 2.32. The van der Waals surface area contributed by atoms with Gasteiger partial charge in [0, 0.05) is 47.8 Å². The van der Waals surface area contributed by atoms with Gasteiger partial charge in [-0.15, -0.1) is 0 Å². The van der Waals surface area contributed by atoms with Gasteiger partial charge in [-0.2, -0.15) is 0 Å². The number of amides is 3. The molecule has 2 aliphatic heterocycles. The van der Waals surface area contributed by atoms with E-state index in [2.05, 4.69) is 37.5 Å². The Morgan fingerprint density at radius 2 is 1.92 bits per heavy atom. The molecule has 0 radical (unpaired) electrons. The zero-order valence-corrected chi connectivity index (χ0v) is 21.8. The fraction of sp³-hybridized carbons (Fsp3) is 0.423. The van der Waals surface area contributed by atoms with Crippen LogP contribution in [0.2, 0.25) is 0 Å². The van der Waals surface area contributed by atoms with E-state index in [1.165, 1.54) is 0 Å². The summed E-state index contributed by atoms with van der Waals surface area (Å²) in [4.78, 5) is 37.0. The number of imide groups is 1. The number of nitrogens with two attached hydrogens (primary N) is 1. The lowest BCUT2D eigenvalue weighted by molar-refractivity contribution is -0.134. The summed E-state index contributed by atoms with van der Waals surface area (Å²) >= 11 is 3.63. The fourth-order valence-corrected chi connectivity index (χ4v) is 5.25. The highest BCUT2D eigenvalue weighted by Gasteiger charge is 2.27. The van der Waals surface area contributed by atoms with Crippen molar-refractivity contribution in [3.63, 3.8) is 0 Å². The van der Waals surface area contributed by atoms with Crippen LogP contribution in [-0.4, -0.2) is 43.5 Å². The Kier molecular flexibility index (Phi) is 8.75. The van der Waals surface area contributed by atoms with Crippen molar-refractivity contribution < 1.29 is 27.9 Å². The third-order valence-electron chi connectivity index (χ3n) is 6.88. The number of benzene rings is 2. The molecular formula is C26H29BrF2N4O4. The van der Waals surface area contributed by atoms with Crippen LogP contribution in [0, 0.1) is 17.6 Å². The number of nitrogens with zero attached hydrogens (tertiary/aromatic N) is 1. The van der Waals surface area contributed by atoms with Crippen LogP contribution in [0.15, 0.2) is 34.8 Å². The van der Waals surface area contributed by atoms with E-state index in [1.54, 1.807) is 0 Å². The highest BCUT2D eigenvalue weighted by molar-refractivity contribution is 9.10. The summed E-state index contributed by atoms with van der Waals surface area (Å²) in [6, 6.07) is 7.21. The van der Waals surface area contributed by atoms with Crippen molar-refractivity contribution in [1.82, 2.24) is 10.6 Å². The Hall–Kier alpha value is -3.05. The average molecular weight is 579 g/mol. The van der Waals surface area contributed by atoms with Gasteiger partial charge >= 0.3 is 0 Å². The molecular weight excluding hydrogens is 550 g/mol. The maximum absolute atomic E-state index is 14.1. The third-order valence-corrected chi connectivity index (χ3v) is 7.63. The lowest BCUT2D eigenvalue weighted by Crippen LogP contribution is -2.50. The van der Waals surface area contributed by atoms with Crippen LogP contribution in [0.3, 0.4) is 0 Å². The van der Waals surface area contributed by atoms with Gasteiger partial charge in [0.2, 0.25) is 11.8 Å². The summed E-state index contributed by atoms with van der Waals surface area (Å²) in [6.07, 6.45) is 3.31. The van der Waals surface area contributed by atoms with Gasteiger partial charge in [-0.3, -0.25) is 19.7 Å². The number of carbonyl (C=O) groups is 3. The van der Waals surface area contributed by atoms with Gasteiger partial charge < -0.3 is 20.7 Å². The van der Waals surface area contributed by atoms with Crippen molar-refractivity contribution in [3.8, 4) is 5.75 Å².